The van der Waals surface area contributed by atoms with Gasteiger partial charge in [0.1, 0.15) is 256 Å². The van der Waals surface area contributed by atoms with Crippen molar-refractivity contribution in [3.05, 3.63) is 0 Å². The summed E-state index contributed by atoms with van der Waals surface area (Å²) in [6.45, 7) is -6.14. The largest absolute Gasteiger partial charge is 0.477 e. The van der Waals surface area contributed by atoms with Gasteiger partial charge >= 0.3 is 5.97 Å². The maximum absolute atomic E-state index is 13.4. The van der Waals surface area contributed by atoms with Crippen molar-refractivity contribution in [2.24, 2.45) is 0 Å². The molecule has 11 saturated heterocycles. The van der Waals surface area contributed by atoms with Crippen LogP contribution in [0.1, 0.15) is 48.0 Å². The number of nitrogens with one attached hydrogen (secondary N) is 5. The van der Waals surface area contributed by atoms with Crippen LogP contribution in [0.4, 0.5) is 0 Å². The molecule has 56 atom stereocenters. The van der Waals surface area contributed by atoms with E-state index in [0.29, 0.717) is 0 Å². The number of hydrogen-bond acceptors (Lipinski definition) is 57. The first kappa shape index (κ1) is 117. The van der Waals surface area contributed by atoms with Crippen molar-refractivity contribution in [2.75, 3.05) is 66.1 Å². The summed E-state index contributed by atoms with van der Waals surface area (Å²) in [6.07, 6.45) is -111. The fraction of sp³-hybridized carbons (Fsp3) is 0.924. The van der Waals surface area contributed by atoms with E-state index in [1.807, 2.05) is 0 Å². The quantitative estimate of drug-likeness (QED) is 0.0273. The molecule has 0 radical (unpaired) electrons. The summed E-state index contributed by atoms with van der Waals surface area (Å²) in [6, 6.07) is -9.81. The first-order valence-electron chi connectivity index (χ1n) is 45.1. The molecule has 0 spiro atoms. The highest BCUT2D eigenvalue weighted by atomic mass is 16.8. The van der Waals surface area contributed by atoms with E-state index in [2.05, 4.69) is 26.6 Å². The lowest BCUT2D eigenvalue weighted by atomic mass is 9.88. The molecule has 0 aromatic carbocycles. The maximum atomic E-state index is 13.4. The van der Waals surface area contributed by atoms with E-state index < -0.39 is 451 Å². The fourth-order valence-electron chi connectivity index (χ4n) is 18.4. The molecule has 63 nitrogen and oxygen atoms in total. The van der Waals surface area contributed by atoms with E-state index in [-0.39, 0.29) is 0 Å². The Balaban J connectivity index is 0.914. The Morgan fingerprint density at radius 3 is 1.06 bits per heavy atom. The number of aliphatic hydroxyl groups excluding tert-OH is 30. The highest BCUT2D eigenvalue weighted by Gasteiger charge is 2.65. The summed E-state index contributed by atoms with van der Waals surface area (Å²) in [7, 11) is 0. The second-order valence-electron chi connectivity index (χ2n) is 36.0. The van der Waals surface area contributed by atoms with Gasteiger partial charge in [-0.1, -0.05) is 0 Å². The van der Waals surface area contributed by atoms with Gasteiger partial charge < -0.3 is 284 Å². The topological polar surface area (TPSA) is 984 Å². The minimum atomic E-state index is -3.33. The van der Waals surface area contributed by atoms with Crippen molar-refractivity contribution < 1.29 is 287 Å². The Morgan fingerprint density at radius 2 is 0.620 bits per heavy atom. The highest BCUT2D eigenvalue weighted by molar-refractivity contribution is 5.77. The van der Waals surface area contributed by atoms with E-state index in [0.717, 1.165) is 34.6 Å². The van der Waals surface area contributed by atoms with Gasteiger partial charge in [0.2, 0.25) is 29.5 Å². The molecule has 11 aliphatic rings. The van der Waals surface area contributed by atoms with E-state index in [4.69, 9.17) is 99.5 Å². The van der Waals surface area contributed by atoms with Crippen molar-refractivity contribution in [1.82, 2.24) is 26.6 Å². The standard InChI is InChI=1S/C79H131N5O58/c1-18-40(100)51(111)55(115)72(124-18)122-17-34-62(47(107)36(68(119)125-34)81-20(3)94)134-69-37(82-21(4)95)48(108)60(31(14-91)130-69)136-74-57(117)64(138-77-67(54(114)44(104)28(11-88)129-77)140-71-39(84-23(6)97)49(109)59(30(13-90)132-71)135-73-56(116)52(112)42(102)26(9-86)126-73)46(106)33(133-74)16-123-76-66(53(113)43(103)27(10-87)128-76)139-70-38(83-22(5)96)50(110)61(32(15-92)131-70)137-75-58(118)65(45(105)29(12-89)127-75)142-79(78(120)121)7-24(98)35(80-19(2)93)63(141-79)41(101)25(99)8-85/h18,24-77,85-92,98-119H,7-17H2,1-6H3,(H,80,93)(H,81,94)(H,82,95)(H,83,96)(H,84,97)(H,120,121)/t18-,24-,25+,26+,27+,28+,29+,30+,31+,32+,33+,34+,35+,36+,37+,38+,39-,40+,41+,42-,43+,44+,45-,46+,47+,48+,49+,50+,51+,52-,53-,54-,55-,56+,57-,58+,59+,60+,61+,62+,63+,64-,65-,66-,67-,68+,69-,70-,71-,72+,73-,74-,75-,76-,77+,79-/m0/s1. The van der Waals surface area contributed by atoms with Gasteiger partial charge in [0.15, 0.2) is 62.9 Å². The molecule has 0 aromatic heterocycles. The predicted octanol–water partition coefficient (Wildman–Crippen LogP) is -24.0. The molecule has 11 aliphatic heterocycles. The summed E-state index contributed by atoms with van der Waals surface area (Å²) in [5, 5.41) is 361. The zero-order valence-electron chi connectivity index (χ0n) is 76.4. The number of carbonyl (C=O) groups excluding carboxylic acids is 5. The zero-order valence-corrected chi connectivity index (χ0v) is 76.4. The Hall–Kier alpha value is -5.22. The van der Waals surface area contributed by atoms with Crippen molar-refractivity contribution in [3.63, 3.8) is 0 Å². The van der Waals surface area contributed by atoms with Gasteiger partial charge in [-0.2, -0.15) is 0 Å². The molecule has 5 amide bonds. The number of carboxylic acids is 1. The molecule has 63 heteroatoms. The smallest absolute Gasteiger partial charge is 0.364 e. The second kappa shape index (κ2) is 50.6. The second-order valence-corrected chi connectivity index (χ2v) is 36.0. The SMILES string of the molecule is CC(=O)N[C@@H]1[C@H](O[C@@H]2[C@@H](O[C@@H]3[C@H](O)[C@H](O[C@H]4[C@H](O)[C@@H](NC(C)=O)[C@H](O[C@H]5[C@H](O)[C@@H](NC(C)=O)[C@H](O)O[C@@H]5CO[C@@H]5O[C@@H](C)[C@@H](O)[C@@H](O)[C@@H]5O)O[C@@H]4CO)O[C@H](CO[C@H]4O[C@H](CO)[C@@H](O)[C@H](O)[C@@H]4O[C@@H]4O[C@H](CO)[C@@H](O[C@@H]5O[C@H](CO)[C@H](O)[C@H](O[C@]6(C(=O)O)C[C@H](O)[C@@H](NC(C)=O)[C@H]([C@H](O)[C@H](O)CO)O6)[C@H]5O)[C@H](O)[C@H]4NC(C)=O)[C@H]3O)O[C@H](CO)[C@@H](O)[C@@H]2O)O[C@H](CO)[C@@H](O[C@@H]2O[C@H](CO)[C@H](O)[C@H](O)[C@H]2O)[C@@H]1O. The van der Waals surface area contributed by atoms with Crippen LogP contribution < -0.4 is 26.6 Å². The average Bonchev–Trinajstić information content (AvgIpc) is 0.760. The molecule has 0 aromatic rings. The van der Waals surface area contributed by atoms with Crippen molar-refractivity contribution in [1.29, 1.82) is 0 Å². The number of carboxylic acid groups (broad SMARTS) is 1. The summed E-state index contributed by atoms with van der Waals surface area (Å²) < 4.78 is 125. The van der Waals surface area contributed by atoms with Gasteiger partial charge in [0.05, 0.1) is 84.3 Å². The van der Waals surface area contributed by atoms with Crippen LogP contribution in [0.2, 0.25) is 0 Å². The Morgan fingerprint density at radius 1 is 0.303 bits per heavy atom. The minimum Gasteiger partial charge on any atom is -0.477 e. The van der Waals surface area contributed by atoms with Crippen LogP contribution in [0.15, 0.2) is 0 Å². The lowest BCUT2D eigenvalue weighted by Gasteiger charge is -2.51. The third kappa shape index (κ3) is 25.8. The molecule has 142 heavy (non-hydrogen) atoms. The third-order valence-electron chi connectivity index (χ3n) is 25.9. The normalized spacial score (nSPS) is 48.0. The molecule has 0 aliphatic carbocycles. The Labute approximate surface area is 803 Å². The van der Waals surface area contributed by atoms with Gasteiger partial charge in [-0.3, -0.25) is 24.0 Å². The van der Waals surface area contributed by atoms with Gasteiger partial charge in [0.25, 0.3) is 5.79 Å². The van der Waals surface area contributed by atoms with E-state index in [9.17, 15) is 187 Å². The number of ether oxygens (including phenoxy) is 21. The number of rotatable bonds is 38. The third-order valence-corrected chi connectivity index (χ3v) is 25.9. The Kier molecular flexibility index (Phi) is 41.7. The van der Waals surface area contributed by atoms with Crippen molar-refractivity contribution in [3.8, 4) is 0 Å². The molecule has 0 unspecified atom stereocenters. The molecular formula is C79H131N5O58. The Bertz CT molecular complexity index is 4010. The molecular weight excluding hydrogens is 1950 g/mol. The van der Waals surface area contributed by atoms with Crippen LogP contribution in [0.5, 0.6) is 0 Å². The summed E-state index contributed by atoms with van der Waals surface area (Å²) in [4.78, 5) is 77.9. The zero-order chi connectivity index (χ0) is 105. The van der Waals surface area contributed by atoms with Crippen LogP contribution >= 0.6 is 0 Å². The van der Waals surface area contributed by atoms with Gasteiger partial charge in [-0.25, -0.2) is 4.79 Å². The molecule has 36 N–H and O–H groups in total. The predicted molar refractivity (Wildman–Crippen MR) is 436 cm³/mol. The van der Waals surface area contributed by atoms with Crippen LogP contribution in [0.3, 0.4) is 0 Å². The summed E-state index contributed by atoms with van der Waals surface area (Å²) >= 11 is 0. The number of amides is 5. The first-order chi connectivity index (χ1) is 67.0. The van der Waals surface area contributed by atoms with Crippen molar-refractivity contribution in [2.45, 2.75) is 391 Å². The highest BCUT2D eigenvalue weighted by Crippen LogP contribution is 2.44. The van der Waals surface area contributed by atoms with Gasteiger partial charge in [0, 0.05) is 41.0 Å². The lowest BCUT2D eigenvalue weighted by molar-refractivity contribution is -0.399. The molecule has 0 saturated carbocycles. The number of carbonyl (C=O) groups is 6. The number of aliphatic hydroxyl groups is 30. The lowest BCUT2D eigenvalue weighted by Crippen LogP contribution is -2.71. The van der Waals surface area contributed by atoms with E-state index in [1.165, 1.54) is 6.92 Å². The number of aliphatic carboxylic acids is 1. The minimum absolute atomic E-state index is 0.857. The maximum Gasteiger partial charge on any atom is 0.364 e. The van der Waals surface area contributed by atoms with Crippen LogP contribution in [0, 0.1) is 0 Å². The summed E-state index contributed by atoms with van der Waals surface area (Å²) in [5.74, 6) is -10.4. The summed E-state index contributed by atoms with van der Waals surface area (Å²) in [5.41, 5.74) is 0. The van der Waals surface area contributed by atoms with Gasteiger partial charge in [-0.15, -0.1) is 0 Å². The molecule has 820 valence electrons. The molecule has 11 heterocycles. The number of hydrogen-bond donors (Lipinski definition) is 36. The van der Waals surface area contributed by atoms with Crippen LogP contribution in [-0.2, 0) is 128 Å². The monoisotopic (exact) mass is 2080 g/mol. The van der Waals surface area contributed by atoms with E-state index in [1.54, 1.807) is 0 Å². The average molecular weight is 2080 g/mol. The van der Waals surface area contributed by atoms with Crippen molar-refractivity contribution >= 4 is 35.5 Å². The first-order valence-corrected chi connectivity index (χ1v) is 45.1. The molecule has 11 fully saturated rings. The molecule has 0 bridgehead atoms. The van der Waals surface area contributed by atoms with Crippen LogP contribution in [-0.4, -0.2) is 603 Å². The van der Waals surface area contributed by atoms with Gasteiger partial charge in [-0.05, 0) is 6.92 Å². The molecule has 11 rings (SSSR count). The van der Waals surface area contributed by atoms with E-state index >= 15 is 0 Å². The van der Waals surface area contributed by atoms with Crippen LogP contribution in [0.25, 0.3) is 0 Å². The fourth-order valence-corrected chi connectivity index (χ4v) is 18.4.